The minimum atomic E-state index is -2.92. The van der Waals surface area contributed by atoms with Crippen molar-refractivity contribution in [3.8, 4) is 0 Å². The topological polar surface area (TPSA) is 51.1 Å². The van der Waals surface area contributed by atoms with Crippen molar-refractivity contribution in [2.75, 3.05) is 11.5 Å². The molecule has 0 amide bonds. The Morgan fingerprint density at radius 1 is 1.24 bits per heavy atom. The van der Waals surface area contributed by atoms with E-state index >= 15 is 0 Å². The molecular formula is C16H24N2O2S. The molecule has 5 heteroatoms. The van der Waals surface area contributed by atoms with Crippen molar-refractivity contribution in [3.63, 3.8) is 0 Å². The van der Waals surface area contributed by atoms with Crippen LogP contribution in [0.15, 0.2) is 30.5 Å². The second kappa shape index (κ2) is 6.62. The number of hydrogen-bond donors (Lipinski definition) is 1. The molecule has 1 aromatic carbocycles. The Morgan fingerprint density at radius 2 is 2.00 bits per heavy atom. The molecule has 1 aromatic heterocycles. The van der Waals surface area contributed by atoms with Crippen LogP contribution in [0.2, 0.25) is 0 Å². The smallest absolute Gasteiger partial charge is 0.151 e. The molecule has 0 saturated heterocycles. The van der Waals surface area contributed by atoms with Gasteiger partial charge in [0.15, 0.2) is 9.84 Å². The van der Waals surface area contributed by atoms with Gasteiger partial charge in [0.1, 0.15) is 0 Å². The quantitative estimate of drug-likeness (QED) is 0.855. The summed E-state index contributed by atoms with van der Waals surface area (Å²) in [6.07, 6.45) is 1.97. The second-order valence-electron chi connectivity index (χ2n) is 5.67. The van der Waals surface area contributed by atoms with Gasteiger partial charge in [0.2, 0.25) is 0 Å². The number of nitrogens with one attached hydrogen (secondary N) is 1. The highest BCUT2D eigenvalue weighted by atomic mass is 32.2. The number of sulfone groups is 1. The van der Waals surface area contributed by atoms with Crippen LogP contribution in [0.5, 0.6) is 0 Å². The maximum atomic E-state index is 11.6. The number of benzene rings is 1. The SMILES string of the molecule is CCS(=O)(=O)CCn1ccc2cc(CNC(C)C)ccc21. The number of aryl methyl sites for hydroxylation is 1. The molecule has 0 spiro atoms. The van der Waals surface area contributed by atoms with Crippen LogP contribution >= 0.6 is 0 Å². The largest absolute Gasteiger partial charge is 0.346 e. The van der Waals surface area contributed by atoms with Crippen molar-refractivity contribution in [2.45, 2.75) is 39.9 Å². The third-order valence-electron chi connectivity index (χ3n) is 3.63. The summed E-state index contributed by atoms with van der Waals surface area (Å²) in [7, 11) is -2.92. The van der Waals surface area contributed by atoms with Gasteiger partial charge in [0.05, 0.1) is 5.75 Å². The van der Waals surface area contributed by atoms with Crippen LogP contribution in [0.1, 0.15) is 26.3 Å². The van der Waals surface area contributed by atoms with Crippen LogP contribution in [0.25, 0.3) is 10.9 Å². The Morgan fingerprint density at radius 3 is 2.67 bits per heavy atom. The highest BCUT2D eigenvalue weighted by Crippen LogP contribution is 2.18. The summed E-state index contributed by atoms with van der Waals surface area (Å²) in [5.41, 5.74) is 2.34. The molecule has 0 radical (unpaired) electrons. The molecular weight excluding hydrogens is 284 g/mol. The fraction of sp³-hybridized carbons (Fsp3) is 0.500. The standard InChI is InChI=1S/C16H24N2O2S/c1-4-21(19,20)10-9-18-8-7-15-11-14(5-6-16(15)18)12-17-13(2)3/h5-8,11,13,17H,4,9-10,12H2,1-3H3. The van der Waals surface area contributed by atoms with Crippen molar-refractivity contribution in [1.29, 1.82) is 0 Å². The maximum absolute atomic E-state index is 11.6. The second-order valence-corrected chi connectivity index (χ2v) is 8.15. The van der Waals surface area contributed by atoms with Gasteiger partial charge in [0.25, 0.3) is 0 Å². The van der Waals surface area contributed by atoms with E-state index in [9.17, 15) is 8.42 Å². The molecule has 0 fully saturated rings. The normalized spacial score (nSPS) is 12.4. The lowest BCUT2D eigenvalue weighted by Crippen LogP contribution is -2.21. The summed E-state index contributed by atoms with van der Waals surface area (Å²) in [6.45, 7) is 7.32. The Labute approximate surface area is 127 Å². The van der Waals surface area contributed by atoms with E-state index in [1.807, 2.05) is 16.8 Å². The Balaban J connectivity index is 2.13. The van der Waals surface area contributed by atoms with Crippen molar-refractivity contribution >= 4 is 20.7 Å². The van der Waals surface area contributed by atoms with E-state index in [4.69, 9.17) is 0 Å². The lowest BCUT2D eigenvalue weighted by Gasteiger charge is -2.09. The van der Waals surface area contributed by atoms with E-state index in [0.717, 1.165) is 17.4 Å². The van der Waals surface area contributed by atoms with E-state index in [1.54, 1.807) is 6.92 Å². The van der Waals surface area contributed by atoms with Crippen LogP contribution < -0.4 is 5.32 Å². The lowest BCUT2D eigenvalue weighted by atomic mass is 10.1. The molecule has 1 heterocycles. The van der Waals surface area contributed by atoms with Crippen molar-refractivity contribution < 1.29 is 8.42 Å². The molecule has 4 nitrogen and oxygen atoms in total. The zero-order valence-electron chi connectivity index (χ0n) is 13.0. The van der Waals surface area contributed by atoms with Gasteiger partial charge >= 0.3 is 0 Å². The van der Waals surface area contributed by atoms with Gasteiger partial charge in [-0.15, -0.1) is 0 Å². The van der Waals surface area contributed by atoms with Crippen LogP contribution in [0.3, 0.4) is 0 Å². The summed E-state index contributed by atoms with van der Waals surface area (Å²) in [6, 6.07) is 8.85. The van der Waals surface area contributed by atoms with E-state index in [1.165, 1.54) is 5.56 Å². The Kier molecular flexibility index (Phi) is 5.06. The van der Waals surface area contributed by atoms with E-state index in [2.05, 4.69) is 37.4 Å². The van der Waals surface area contributed by atoms with E-state index < -0.39 is 9.84 Å². The Hall–Kier alpha value is -1.33. The fourth-order valence-corrected chi connectivity index (χ4v) is 3.02. The molecule has 2 aromatic rings. The van der Waals surface area contributed by atoms with Gasteiger partial charge in [-0.1, -0.05) is 26.8 Å². The molecule has 0 aliphatic rings. The summed E-state index contributed by atoms with van der Waals surface area (Å²) in [5.74, 6) is 0.404. The first-order chi connectivity index (χ1) is 9.91. The maximum Gasteiger partial charge on any atom is 0.151 e. The average molecular weight is 308 g/mol. The first kappa shape index (κ1) is 16.0. The highest BCUT2D eigenvalue weighted by Gasteiger charge is 2.09. The number of aromatic nitrogens is 1. The van der Waals surface area contributed by atoms with Gasteiger partial charge in [0, 0.05) is 36.6 Å². The van der Waals surface area contributed by atoms with Crippen LogP contribution in [0, 0.1) is 0 Å². The predicted octanol–water partition coefficient (Wildman–Crippen LogP) is 2.57. The van der Waals surface area contributed by atoms with E-state index in [0.29, 0.717) is 12.6 Å². The van der Waals surface area contributed by atoms with Crippen LogP contribution in [0.4, 0.5) is 0 Å². The number of fused-ring (bicyclic) bond motifs is 1. The molecule has 1 N–H and O–H groups in total. The molecule has 116 valence electrons. The lowest BCUT2D eigenvalue weighted by molar-refractivity contribution is 0.589. The monoisotopic (exact) mass is 308 g/mol. The zero-order chi connectivity index (χ0) is 15.5. The molecule has 21 heavy (non-hydrogen) atoms. The summed E-state index contributed by atoms with van der Waals surface area (Å²) in [4.78, 5) is 0. The van der Waals surface area contributed by atoms with Crippen molar-refractivity contribution in [3.05, 3.63) is 36.0 Å². The van der Waals surface area contributed by atoms with E-state index in [-0.39, 0.29) is 11.5 Å². The molecule has 0 unspecified atom stereocenters. The van der Waals surface area contributed by atoms with Crippen molar-refractivity contribution in [1.82, 2.24) is 9.88 Å². The molecule has 0 aliphatic carbocycles. The minimum absolute atomic E-state index is 0.198. The molecule has 2 rings (SSSR count). The summed E-state index contributed by atoms with van der Waals surface area (Å²) < 4.78 is 25.2. The Bertz CT molecular complexity index is 702. The van der Waals surface area contributed by atoms with Gasteiger partial charge in [-0.3, -0.25) is 0 Å². The van der Waals surface area contributed by atoms with Crippen LogP contribution in [-0.4, -0.2) is 30.5 Å². The minimum Gasteiger partial charge on any atom is -0.346 e. The van der Waals surface area contributed by atoms with Crippen molar-refractivity contribution in [2.24, 2.45) is 0 Å². The summed E-state index contributed by atoms with van der Waals surface area (Å²) >= 11 is 0. The van der Waals surface area contributed by atoms with Gasteiger partial charge in [-0.05, 0) is 29.1 Å². The highest BCUT2D eigenvalue weighted by molar-refractivity contribution is 7.91. The predicted molar refractivity (Wildman–Crippen MR) is 88.2 cm³/mol. The number of hydrogen-bond acceptors (Lipinski definition) is 3. The molecule has 0 atom stereocenters. The third-order valence-corrected chi connectivity index (χ3v) is 5.32. The van der Waals surface area contributed by atoms with Gasteiger partial charge in [-0.2, -0.15) is 0 Å². The molecule has 0 bridgehead atoms. The van der Waals surface area contributed by atoms with Gasteiger partial charge < -0.3 is 9.88 Å². The van der Waals surface area contributed by atoms with Gasteiger partial charge in [-0.25, -0.2) is 8.42 Å². The first-order valence-electron chi connectivity index (χ1n) is 7.43. The molecule has 0 saturated carbocycles. The zero-order valence-corrected chi connectivity index (χ0v) is 13.8. The molecule has 0 aliphatic heterocycles. The number of nitrogens with zero attached hydrogens (tertiary/aromatic N) is 1. The summed E-state index contributed by atoms with van der Waals surface area (Å²) in [5, 5.41) is 4.56. The average Bonchev–Trinajstić information content (AvgIpc) is 2.85. The fourth-order valence-electron chi connectivity index (χ4n) is 2.26. The number of rotatable bonds is 7. The first-order valence-corrected chi connectivity index (χ1v) is 9.25. The third kappa shape index (κ3) is 4.32. The van der Waals surface area contributed by atoms with Crippen LogP contribution in [-0.2, 0) is 22.9 Å².